The van der Waals surface area contributed by atoms with Gasteiger partial charge in [-0.2, -0.15) is 0 Å². The van der Waals surface area contributed by atoms with Crippen molar-refractivity contribution in [1.82, 2.24) is 4.90 Å². The number of likely N-dealkylation sites (N-methyl/N-ethyl adjacent to an activating group) is 1. The molecular weight excluding hydrogens is 270 g/mol. The maximum Gasteiger partial charge on any atom is 0.317 e. The molecule has 0 aliphatic heterocycles. The van der Waals surface area contributed by atoms with Gasteiger partial charge in [0.05, 0.1) is 26.1 Å². The Labute approximate surface area is 117 Å². The number of carboxylic acids is 1. The molecule has 1 rings (SSSR count). The first-order valence-corrected chi connectivity index (χ1v) is 6.18. The number of carboxylic acid groups (broad SMARTS) is 1. The molecular formula is C13H18ClNO4. The highest BCUT2D eigenvalue weighted by atomic mass is 35.5. The third-order valence-electron chi connectivity index (χ3n) is 2.65. The number of benzene rings is 1. The summed E-state index contributed by atoms with van der Waals surface area (Å²) in [4.78, 5) is 12.3. The van der Waals surface area contributed by atoms with Crippen LogP contribution in [0.3, 0.4) is 0 Å². The molecule has 0 heterocycles. The smallest absolute Gasteiger partial charge is 0.317 e. The summed E-state index contributed by atoms with van der Waals surface area (Å²) in [5.41, 5.74) is 0.778. The molecule has 0 amide bonds. The predicted molar refractivity (Wildman–Crippen MR) is 73.3 cm³/mol. The minimum absolute atomic E-state index is 0.0600. The molecule has 0 radical (unpaired) electrons. The molecule has 0 fully saturated rings. The van der Waals surface area contributed by atoms with Crippen molar-refractivity contribution in [3.05, 3.63) is 23.8 Å². The molecule has 0 saturated heterocycles. The predicted octanol–water partition coefficient (Wildman–Crippen LogP) is 2.00. The molecule has 5 nitrogen and oxygen atoms in total. The van der Waals surface area contributed by atoms with E-state index in [4.69, 9.17) is 26.2 Å². The summed E-state index contributed by atoms with van der Waals surface area (Å²) in [6.07, 6.45) is 0. The van der Waals surface area contributed by atoms with Crippen LogP contribution >= 0.6 is 11.6 Å². The van der Waals surface area contributed by atoms with E-state index in [0.29, 0.717) is 18.0 Å². The number of ether oxygens (including phenoxy) is 2. The lowest BCUT2D eigenvalue weighted by molar-refractivity contribution is -0.137. The van der Waals surface area contributed by atoms with Gasteiger partial charge < -0.3 is 14.6 Å². The van der Waals surface area contributed by atoms with E-state index in [1.165, 1.54) is 0 Å². The highest BCUT2D eigenvalue weighted by Crippen LogP contribution is 2.33. The topological polar surface area (TPSA) is 59.0 Å². The number of carbonyl (C=O) groups is 1. The van der Waals surface area contributed by atoms with Gasteiger partial charge in [0.1, 0.15) is 11.5 Å². The van der Waals surface area contributed by atoms with E-state index < -0.39 is 5.97 Å². The molecule has 1 aromatic rings. The van der Waals surface area contributed by atoms with Crippen LogP contribution in [0.4, 0.5) is 0 Å². The Morgan fingerprint density at radius 2 is 2.11 bits per heavy atom. The molecule has 19 heavy (non-hydrogen) atoms. The third kappa shape index (κ3) is 4.61. The fourth-order valence-electron chi connectivity index (χ4n) is 1.75. The van der Waals surface area contributed by atoms with Gasteiger partial charge in [0.2, 0.25) is 0 Å². The van der Waals surface area contributed by atoms with Crippen LogP contribution in [0.1, 0.15) is 10.9 Å². The van der Waals surface area contributed by atoms with Crippen LogP contribution in [-0.2, 0) is 4.79 Å². The highest BCUT2D eigenvalue weighted by Gasteiger charge is 2.17. The third-order valence-corrected chi connectivity index (χ3v) is 3.02. The van der Waals surface area contributed by atoms with Gasteiger partial charge >= 0.3 is 5.97 Å². The van der Waals surface area contributed by atoms with E-state index in [1.807, 2.05) is 0 Å². The van der Waals surface area contributed by atoms with E-state index in [-0.39, 0.29) is 11.9 Å². The van der Waals surface area contributed by atoms with Crippen molar-refractivity contribution in [3.63, 3.8) is 0 Å². The summed E-state index contributed by atoms with van der Waals surface area (Å²) >= 11 is 6.33. The van der Waals surface area contributed by atoms with E-state index >= 15 is 0 Å². The first-order valence-electron chi connectivity index (χ1n) is 5.74. The highest BCUT2D eigenvalue weighted by molar-refractivity contribution is 6.21. The summed E-state index contributed by atoms with van der Waals surface area (Å²) in [6.45, 7) is 0.340. The summed E-state index contributed by atoms with van der Waals surface area (Å²) in [5, 5.41) is 8.34. The van der Waals surface area contributed by atoms with E-state index in [1.54, 1.807) is 44.4 Å². The second kappa shape index (κ2) is 7.21. The molecule has 6 heteroatoms. The second-order valence-corrected chi connectivity index (χ2v) is 4.69. The second-order valence-electron chi connectivity index (χ2n) is 4.17. The number of nitrogens with zero attached hydrogens (tertiary/aromatic N) is 1. The maximum atomic E-state index is 10.6. The first-order chi connectivity index (χ1) is 8.97. The molecule has 0 spiro atoms. The van der Waals surface area contributed by atoms with Crippen molar-refractivity contribution in [2.75, 3.05) is 34.4 Å². The molecule has 0 aliphatic rings. The van der Waals surface area contributed by atoms with Crippen LogP contribution in [0.15, 0.2) is 18.2 Å². The van der Waals surface area contributed by atoms with Crippen LogP contribution in [0.25, 0.3) is 0 Å². The van der Waals surface area contributed by atoms with Gasteiger partial charge in [-0.15, -0.1) is 11.6 Å². The van der Waals surface area contributed by atoms with Gasteiger partial charge in [-0.3, -0.25) is 9.69 Å². The summed E-state index contributed by atoms with van der Waals surface area (Å²) in [6, 6.07) is 5.36. The minimum atomic E-state index is -0.885. The molecule has 1 atom stereocenters. The summed E-state index contributed by atoms with van der Waals surface area (Å²) in [7, 11) is 4.84. The van der Waals surface area contributed by atoms with Crippen molar-refractivity contribution in [3.8, 4) is 11.5 Å². The molecule has 0 aliphatic carbocycles. The minimum Gasteiger partial charge on any atom is -0.497 e. The van der Waals surface area contributed by atoms with Crippen LogP contribution < -0.4 is 9.47 Å². The number of aliphatic carboxylic acids is 1. The Bertz CT molecular complexity index is 439. The van der Waals surface area contributed by atoms with Crippen LogP contribution in [0.2, 0.25) is 0 Å². The molecule has 1 N–H and O–H groups in total. The van der Waals surface area contributed by atoms with Gasteiger partial charge in [0.15, 0.2) is 0 Å². The number of hydrogen-bond acceptors (Lipinski definition) is 4. The zero-order valence-electron chi connectivity index (χ0n) is 11.2. The maximum absolute atomic E-state index is 10.6. The van der Waals surface area contributed by atoms with Gasteiger partial charge in [0.25, 0.3) is 0 Å². The average Bonchev–Trinajstić information content (AvgIpc) is 2.36. The number of alkyl halides is 1. The monoisotopic (exact) mass is 287 g/mol. The molecule has 106 valence electrons. The van der Waals surface area contributed by atoms with Crippen molar-refractivity contribution in [2.24, 2.45) is 0 Å². The molecule has 1 unspecified atom stereocenters. The lowest BCUT2D eigenvalue weighted by Gasteiger charge is -2.20. The average molecular weight is 288 g/mol. The van der Waals surface area contributed by atoms with E-state index in [0.717, 1.165) is 5.56 Å². The molecule has 0 aromatic heterocycles. The number of halogens is 1. The normalized spacial score (nSPS) is 12.3. The first kappa shape index (κ1) is 15.6. The largest absolute Gasteiger partial charge is 0.497 e. The fourth-order valence-corrected chi connectivity index (χ4v) is 2.16. The standard InChI is InChI=1S/C13H18ClNO4/c1-15(8-13(16)17)7-11(14)10-6-9(18-2)4-5-12(10)19-3/h4-6,11H,7-8H2,1-3H3,(H,16,17). The quantitative estimate of drug-likeness (QED) is 0.777. The zero-order chi connectivity index (χ0) is 14.4. The van der Waals surface area contributed by atoms with Crippen LogP contribution in [-0.4, -0.2) is 50.3 Å². The Hall–Kier alpha value is -1.46. The molecule has 0 bridgehead atoms. The Morgan fingerprint density at radius 1 is 1.42 bits per heavy atom. The molecule has 0 saturated carbocycles. The van der Waals surface area contributed by atoms with Gasteiger partial charge in [-0.05, 0) is 25.2 Å². The SMILES string of the molecule is COc1ccc(OC)c(C(Cl)CN(C)CC(=O)O)c1. The van der Waals surface area contributed by atoms with Crippen molar-refractivity contribution < 1.29 is 19.4 Å². The van der Waals surface area contributed by atoms with Gasteiger partial charge in [-0.25, -0.2) is 0 Å². The Kier molecular flexibility index (Phi) is 5.92. The summed E-state index contributed by atoms with van der Waals surface area (Å²) < 4.78 is 10.4. The van der Waals surface area contributed by atoms with Gasteiger partial charge in [-0.1, -0.05) is 0 Å². The summed E-state index contributed by atoms with van der Waals surface area (Å²) in [5.74, 6) is 0.454. The number of hydrogen-bond donors (Lipinski definition) is 1. The van der Waals surface area contributed by atoms with Crippen LogP contribution in [0.5, 0.6) is 11.5 Å². The lowest BCUT2D eigenvalue weighted by atomic mass is 10.1. The zero-order valence-corrected chi connectivity index (χ0v) is 12.0. The Morgan fingerprint density at radius 3 is 2.63 bits per heavy atom. The van der Waals surface area contributed by atoms with Crippen molar-refractivity contribution in [2.45, 2.75) is 5.38 Å². The fraction of sp³-hybridized carbons (Fsp3) is 0.462. The molecule has 1 aromatic carbocycles. The Balaban J connectivity index is 2.84. The van der Waals surface area contributed by atoms with Gasteiger partial charge in [0, 0.05) is 12.1 Å². The van der Waals surface area contributed by atoms with E-state index in [2.05, 4.69) is 0 Å². The number of rotatable bonds is 7. The van der Waals surface area contributed by atoms with Crippen LogP contribution in [0, 0.1) is 0 Å². The lowest BCUT2D eigenvalue weighted by Crippen LogP contribution is -2.28. The van der Waals surface area contributed by atoms with Crippen molar-refractivity contribution in [1.29, 1.82) is 0 Å². The van der Waals surface area contributed by atoms with Crippen molar-refractivity contribution >= 4 is 17.6 Å². The van der Waals surface area contributed by atoms with E-state index in [9.17, 15) is 4.79 Å². The number of methoxy groups -OCH3 is 2.